The maximum absolute atomic E-state index is 12.7. The van der Waals surface area contributed by atoms with Crippen LogP contribution in [0.2, 0.25) is 5.02 Å². The molecular weight excluding hydrogens is 388 g/mol. The molecule has 3 rings (SSSR count). The van der Waals surface area contributed by atoms with Crippen LogP contribution in [0.5, 0.6) is 0 Å². The lowest BCUT2D eigenvalue weighted by Gasteiger charge is -2.34. The second-order valence-electron chi connectivity index (χ2n) is 6.14. The number of halogens is 1. The molecule has 1 aliphatic rings. The minimum Gasteiger partial charge on any atom is -0.384 e. The summed E-state index contributed by atoms with van der Waals surface area (Å²) < 4.78 is 26.8. The predicted molar refractivity (Wildman–Crippen MR) is 104 cm³/mol. The smallest absolute Gasteiger partial charge is 0.253 e. The third-order valence-electron chi connectivity index (χ3n) is 4.40. The minimum absolute atomic E-state index is 0.0613. The summed E-state index contributed by atoms with van der Waals surface area (Å²) in [6, 6.07) is 12.6. The number of amidine groups is 1. The van der Waals surface area contributed by atoms with Crippen LogP contribution in [-0.4, -0.2) is 55.5 Å². The normalized spacial score (nSPS) is 15.5. The van der Waals surface area contributed by atoms with Gasteiger partial charge in [-0.3, -0.25) is 10.2 Å². The van der Waals surface area contributed by atoms with E-state index in [4.69, 9.17) is 22.7 Å². The van der Waals surface area contributed by atoms with Gasteiger partial charge in [0.1, 0.15) is 5.84 Å². The van der Waals surface area contributed by atoms with E-state index in [1.807, 2.05) is 0 Å². The number of benzene rings is 2. The molecule has 3 N–H and O–H groups in total. The van der Waals surface area contributed by atoms with Gasteiger partial charge in [0.15, 0.2) is 0 Å². The van der Waals surface area contributed by atoms with Gasteiger partial charge in [-0.2, -0.15) is 4.31 Å². The molecule has 0 bridgehead atoms. The third kappa shape index (κ3) is 4.13. The van der Waals surface area contributed by atoms with Crippen molar-refractivity contribution in [3.8, 4) is 0 Å². The average Bonchev–Trinajstić information content (AvgIpc) is 2.67. The zero-order valence-corrected chi connectivity index (χ0v) is 16.0. The first-order valence-electron chi connectivity index (χ1n) is 8.28. The Labute approximate surface area is 162 Å². The van der Waals surface area contributed by atoms with Crippen molar-refractivity contribution in [2.24, 2.45) is 5.73 Å². The number of nitrogens with one attached hydrogen (secondary N) is 1. The molecule has 0 atom stereocenters. The Morgan fingerprint density at radius 1 is 1.00 bits per heavy atom. The highest BCUT2D eigenvalue weighted by atomic mass is 35.5. The number of carbonyl (C=O) groups excluding carboxylic acids is 1. The first-order chi connectivity index (χ1) is 12.8. The van der Waals surface area contributed by atoms with Gasteiger partial charge >= 0.3 is 0 Å². The number of sulfonamides is 1. The Bertz CT molecular complexity index is 968. The van der Waals surface area contributed by atoms with Crippen LogP contribution in [-0.2, 0) is 10.0 Å². The molecule has 2 aromatic carbocycles. The van der Waals surface area contributed by atoms with Gasteiger partial charge in [-0.25, -0.2) is 8.42 Å². The SMILES string of the molecule is N=C(N)c1ccc(C(=O)N2CCN(S(=O)(=O)c3cccc(Cl)c3)CC2)cc1. The Morgan fingerprint density at radius 3 is 2.15 bits per heavy atom. The Balaban J connectivity index is 1.67. The van der Waals surface area contributed by atoms with E-state index in [2.05, 4.69) is 0 Å². The number of amides is 1. The van der Waals surface area contributed by atoms with E-state index in [1.54, 1.807) is 41.3 Å². The van der Waals surface area contributed by atoms with Gasteiger partial charge in [-0.15, -0.1) is 0 Å². The van der Waals surface area contributed by atoms with Crippen molar-refractivity contribution in [3.05, 3.63) is 64.7 Å². The zero-order chi connectivity index (χ0) is 19.6. The van der Waals surface area contributed by atoms with Crippen LogP contribution in [0, 0.1) is 5.41 Å². The van der Waals surface area contributed by atoms with Crippen molar-refractivity contribution in [2.75, 3.05) is 26.2 Å². The molecule has 1 saturated heterocycles. The zero-order valence-electron chi connectivity index (χ0n) is 14.4. The van der Waals surface area contributed by atoms with Gasteiger partial charge < -0.3 is 10.6 Å². The number of piperazine rings is 1. The van der Waals surface area contributed by atoms with E-state index in [9.17, 15) is 13.2 Å². The molecule has 1 aliphatic heterocycles. The lowest BCUT2D eigenvalue weighted by molar-refractivity contribution is 0.0698. The molecule has 1 amide bonds. The molecular formula is C18H19ClN4O3S. The molecule has 1 heterocycles. The molecule has 0 aliphatic carbocycles. The summed E-state index contributed by atoms with van der Waals surface area (Å²) in [7, 11) is -3.64. The molecule has 9 heteroatoms. The van der Waals surface area contributed by atoms with Crippen molar-refractivity contribution < 1.29 is 13.2 Å². The fourth-order valence-electron chi connectivity index (χ4n) is 2.88. The molecule has 1 fully saturated rings. The van der Waals surface area contributed by atoms with Crippen LogP contribution in [0.4, 0.5) is 0 Å². The second kappa shape index (κ2) is 7.67. The Hall–Kier alpha value is -2.42. The molecule has 27 heavy (non-hydrogen) atoms. The maximum atomic E-state index is 12.7. The van der Waals surface area contributed by atoms with E-state index in [-0.39, 0.29) is 29.7 Å². The highest BCUT2D eigenvalue weighted by molar-refractivity contribution is 7.89. The average molecular weight is 407 g/mol. The van der Waals surface area contributed by atoms with Crippen molar-refractivity contribution in [2.45, 2.75) is 4.90 Å². The maximum Gasteiger partial charge on any atom is 0.253 e. The number of hydrogen-bond acceptors (Lipinski definition) is 4. The van der Waals surface area contributed by atoms with Gasteiger partial charge in [-0.1, -0.05) is 29.8 Å². The number of nitrogens with two attached hydrogens (primary N) is 1. The third-order valence-corrected chi connectivity index (χ3v) is 6.53. The number of hydrogen-bond donors (Lipinski definition) is 2. The van der Waals surface area contributed by atoms with Crippen LogP contribution < -0.4 is 5.73 Å². The van der Waals surface area contributed by atoms with Crippen LogP contribution >= 0.6 is 11.6 Å². The number of rotatable bonds is 4. The van der Waals surface area contributed by atoms with Gasteiger partial charge in [0.25, 0.3) is 5.91 Å². The summed E-state index contributed by atoms with van der Waals surface area (Å²) in [5.41, 5.74) is 6.44. The fraction of sp³-hybridized carbons (Fsp3) is 0.222. The predicted octanol–water partition coefficient (Wildman–Crippen LogP) is 1.77. The first kappa shape index (κ1) is 19.3. The lowest BCUT2D eigenvalue weighted by atomic mass is 10.1. The van der Waals surface area contributed by atoms with E-state index in [0.29, 0.717) is 29.2 Å². The van der Waals surface area contributed by atoms with E-state index in [1.165, 1.54) is 16.4 Å². The van der Waals surface area contributed by atoms with Gasteiger partial charge in [-0.05, 0) is 30.3 Å². The Kier molecular flexibility index (Phi) is 5.50. The molecule has 142 valence electrons. The quantitative estimate of drug-likeness (QED) is 0.595. The summed E-state index contributed by atoms with van der Waals surface area (Å²) in [6.07, 6.45) is 0. The summed E-state index contributed by atoms with van der Waals surface area (Å²) in [5.74, 6) is -0.237. The molecule has 7 nitrogen and oxygen atoms in total. The molecule has 0 unspecified atom stereocenters. The summed E-state index contributed by atoms with van der Waals surface area (Å²) in [6.45, 7) is 1.03. The largest absolute Gasteiger partial charge is 0.384 e. The molecule has 0 spiro atoms. The van der Waals surface area contributed by atoms with Gasteiger partial charge in [0.05, 0.1) is 4.90 Å². The molecule has 0 aromatic heterocycles. The number of nitrogens with zero attached hydrogens (tertiary/aromatic N) is 2. The van der Waals surface area contributed by atoms with E-state index >= 15 is 0 Å². The van der Waals surface area contributed by atoms with Crippen molar-refractivity contribution in [3.63, 3.8) is 0 Å². The lowest BCUT2D eigenvalue weighted by Crippen LogP contribution is -2.50. The van der Waals surface area contributed by atoms with Crippen molar-refractivity contribution in [1.29, 1.82) is 5.41 Å². The van der Waals surface area contributed by atoms with Crippen molar-refractivity contribution >= 4 is 33.4 Å². The standard InChI is InChI=1S/C18H19ClN4O3S/c19-15-2-1-3-16(12-15)27(25,26)23-10-8-22(9-11-23)18(24)14-6-4-13(5-7-14)17(20)21/h1-7,12H,8-11H2,(H3,20,21). The monoisotopic (exact) mass is 406 g/mol. The summed E-state index contributed by atoms with van der Waals surface area (Å²) >= 11 is 5.90. The molecule has 2 aromatic rings. The number of carbonyl (C=O) groups is 1. The van der Waals surface area contributed by atoms with Crippen LogP contribution in [0.3, 0.4) is 0 Å². The Morgan fingerprint density at radius 2 is 1.59 bits per heavy atom. The first-order valence-corrected chi connectivity index (χ1v) is 10.1. The van der Waals surface area contributed by atoms with Gasteiger partial charge in [0.2, 0.25) is 10.0 Å². The van der Waals surface area contributed by atoms with Gasteiger partial charge in [0, 0.05) is 42.3 Å². The second-order valence-corrected chi connectivity index (χ2v) is 8.52. The molecule has 0 radical (unpaired) electrons. The minimum atomic E-state index is -3.64. The number of nitrogen functional groups attached to an aromatic ring is 1. The summed E-state index contributed by atoms with van der Waals surface area (Å²) in [4.78, 5) is 14.4. The molecule has 0 saturated carbocycles. The topological polar surface area (TPSA) is 108 Å². The van der Waals surface area contributed by atoms with E-state index < -0.39 is 10.0 Å². The van der Waals surface area contributed by atoms with E-state index in [0.717, 1.165) is 0 Å². The van der Waals surface area contributed by atoms with Crippen LogP contribution in [0.1, 0.15) is 15.9 Å². The van der Waals surface area contributed by atoms with Crippen LogP contribution in [0.25, 0.3) is 0 Å². The highest BCUT2D eigenvalue weighted by Gasteiger charge is 2.30. The fourth-order valence-corrected chi connectivity index (χ4v) is 4.61. The highest BCUT2D eigenvalue weighted by Crippen LogP contribution is 2.21. The van der Waals surface area contributed by atoms with Crippen molar-refractivity contribution in [1.82, 2.24) is 9.21 Å². The van der Waals surface area contributed by atoms with Crippen LogP contribution in [0.15, 0.2) is 53.4 Å². The summed E-state index contributed by atoms with van der Waals surface area (Å²) in [5, 5.41) is 7.75.